The van der Waals surface area contributed by atoms with Crippen molar-refractivity contribution < 1.29 is 14.0 Å². The van der Waals surface area contributed by atoms with Gasteiger partial charge < -0.3 is 20.9 Å². The summed E-state index contributed by atoms with van der Waals surface area (Å²) in [6.07, 6.45) is 3.01. The fourth-order valence-corrected chi connectivity index (χ4v) is 3.72. The Balaban J connectivity index is 1.68. The number of nitrogens with two attached hydrogens (primary N) is 1. The number of nitrogen functional groups attached to an aromatic ring is 1. The summed E-state index contributed by atoms with van der Waals surface area (Å²) < 4.78 is 15.6. The molecule has 0 spiro atoms. The van der Waals surface area contributed by atoms with Gasteiger partial charge in [-0.05, 0) is 38.1 Å². The van der Waals surface area contributed by atoms with Crippen molar-refractivity contribution in [1.82, 2.24) is 14.5 Å². The van der Waals surface area contributed by atoms with Gasteiger partial charge in [0.05, 0.1) is 27.3 Å². The predicted octanol–water partition coefficient (Wildman–Crippen LogP) is 5.26. The number of hydrogen-bond donors (Lipinski definition) is 3. The molecule has 4 N–H and O–H groups in total. The first-order valence-electron chi connectivity index (χ1n) is 10.0. The van der Waals surface area contributed by atoms with Gasteiger partial charge >= 0.3 is 6.03 Å². The van der Waals surface area contributed by atoms with Crippen LogP contribution in [-0.4, -0.2) is 26.3 Å². The summed E-state index contributed by atoms with van der Waals surface area (Å²) in [6.45, 7) is 3.91. The SMILES string of the molecule is CC(C)n1cc(C(=O)c2cccc(NC(=O)Nc3ccccc3F)c2Cl)c2c(N)ncnc21. The molecule has 0 atom stereocenters. The minimum atomic E-state index is -0.708. The van der Waals surface area contributed by atoms with E-state index < -0.39 is 17.6 Å². The molecule has 2 aromatic carbocycles. The van der Waals surface area contributed by atoms with Crippen molar-refractivity contribution in [2.45, 2.75) is 19.9 Å². The number of urea groups is 1. The summed E-state index contributed by atoms with van der Waals surface area (Å²) in [7, 11) is 0. The average molecular weight is 467 g/mol. The third-order valence-electron chi connectivity index (χ3n) is 5.05. The number of para-hydroxylation sites is 1. The molecule has 0 aliphatic carbocycles. The van der Waals surface area contributed by atoms with Gasteiger partial charge in [-0.2, -0.15) is 0 Å². The first kappa shape index (κ1) is 22.2. The summed E-state index contributed by atoms with van der Waals surface area (Å²) in [5.41, 5.74) is 7.25. The molecule has 4 rings (SSSR count). The highest BCUT2D eigenvalue weighted by Crippen LogP contribution is 2.32. The molecule has 0 aliphatic rings. The van der Waals surface area contributed by atoms with Gasteiger partial charge in [-0.15, -0.1) is 0 Å². The summed E-state index contributed by atoms with van der Waals surface area (Å²) in [6, 6.07) is 9.73. The summed E-state index contributed by atoms with van der Waals surface area (Å²) in [4.78, 5) is 34.1. The molecule has 10 heteroatoms. The number of halogens is 2. The van der Waals surface area contributed by atoms with E-state index in [0.717, 1.165) is 0 Å². The molecule has 0 fully saturated rings. The summed E-state index contributed by atoms with van der Waals surface area (Å²) in [5, 5.41) is 5.43. The molecule has 0 radical (unpaired) electrons. The number of fused-ring (bicyclic) bond motifs is 1. The topological polar surface area (TPSA) is 115 Å². The lowest BCUT2D eigenvalue weighted by Crippen LogP contribution is -2.20. The second-order valence-corrected chi connectivity index (χ2v) is 7.93. The van der Waals surface area contributed by atoms with Crippen molar-refractivity contribution in [1.29, 1.82) is 0 Å². The first-order chi connectivity index (χ1) is 15.8. The Hall–Kier alpha value is -3.98. The number of carbonyl (C=O) groups is 2. The van der Waals surface area contributed by atoms with Crippen LogP contribution >= 0.6 is 11.6 Å². The molecule has 4 aromatic rings. The van der Waals surface area contributed by atoms with Crippen LogP contribution in [0.3, 0.4) is 0 Å². The van der Waals surface area contributed by atoms with Gasteiger partial charge in [-0.3, -0.25) is 4.79 Å². The van der Waals surface area contributed by atoms with Gasteiger partial charge in [0.15, 0.2) is 5.78 Å². The lowest BCUT2D eigenvalue weighted by Gasteiger charge is -2.12. The number of carbonyl (C=O) groups excluding carboxylic acids is 2. The second kappa shape index (κ2) is 8.87. The molecule has 0 unspecified atom stereocenters. The quantitative estimate of drug-likeness (QED) is 0.347. The lowest BCUT2D eigenvalue weighted by molar-refractivity contribution is 0.104. The molecule has 2 aromatic heterocycles. The number of benzene rings is 2. The fourth-order valence-electron chi connectivity index (χ4n) is 3.46. The summed E-state index contributed by atoms with van der Waals surface area (Å²) in [5.74, 6) is -0.800. The standard InChI is InChI=1S/C23H20ClFN6O2/c1-12(2)31-10-14(18-21(26)27-11-28-22(18)31)20(32)13-6-5-9-17(19(13)24)30-23(33)29-16-8-4-3-7-15(16)25/h3-12H,1-2H3,(H2,26,27,28)(H2,29,30,33). The molecule has 168 valence electrons. The predicted molar refractivity (Wildman–Crippen MR) is 126 cm³/mol. The van der Waals surface area contributed by atoms with Gasteiger partial charge in [0.1, 0.15) is 23.6 Å². The number of aromatic nitrogens is 3. The normalized spacial score (nSPS) is 11.1. The van der Waals surface area contributed by atoms with Crippen LogP contribution in [-0.2, 0) is 0 Å². The van der Waals surface area contributed by atoms with Crippen molar-refractivity contribution in [3.63, 3.8) is 0 Å². The van der Waals surface area contributed by atoms with Gasteiger partial charge in [-0.25, -0.2) is 19.2 Å². The third-order valence-corrected chi connectivity index (χ3v) is 5.46. The molecule has 33 heavy (non-hydrogen) atoms. The zero-order valence-corrected chi connectivity index (χ0v) is 18.5. The Kier molecular flexibility index (Phi) is 5.97. The Bertz CT molecular complexity index is 1380. The highest BCUT2D eigenvalue weighted by Gasteiger charge is 2.24. The van der Waals surface area contributed by atoms with E-state index in [4.69, 9.17) is 17.3 Å². The van der Waals surface area contributed by atoms with Crippen LogP contribution in [0.1, 0.15) is 35.8 Å². The maximum Gasteiger partial charge on any atom is 0.323 e. The van der Waals surface area contributed by atoms with Crippen LogP contribution in [0.4, 0.5) is 26.4 Å². The average Bonchev–Trinajstić information content (AvgIpc) is 3.18. The van der Waals surface area contributed by atoms with E-state index in [0.29, 0.717) is 16.6 Å². The molecular weight excluding hydrogens is 447 g/mol. The van der Waals surface area contributed by atoms with Crippen molar-refractivity contribution in [2.75, 3.05) is 16.4 Å². The van der Waals surface area contributed by atoms with Crippen molar-refractivity contribution >= 4 is 51.6 Å². The molecular formula is C23H20ClFN6O2. The van der Waals surface area contributed by atoms with E-state index in [-0.39, 0.29) is 33.8 Å². The van der Waals surface area contributed by atoms with Gasteiger partial charge in [0.25, 0.3) is 0 Å². The number of ketones is 1. The number of anilines is 3. The third kappa shape index (κ3) is 4.22. The van der Waals surface area contributed by atoms with E-state index in [1.54, 1.807) is 24.4 Å². The van der Waals surface area contributed by atoms with Crippen molar-refractivity contribution in [3.8, 4) is 0 Å². The molecule has 2 amide bonds. The number of nitrogens with zero attached hydrogens (tertiary/aromatic N) is 3. The van der Waals surface area contributed by atoms with E-state index >= 15 is 0 Å². The number of nitrogens with one attached hydrogen (secondary N) is 2. The van der Waals surface area contributed by atoms with Crippen molar-refractivity contribution in [3.05, 3.63) is 77.0 Å². The van der Waals surface area contributed by atoms with Crippen LogP contribution in [0.15, 0.2) is 55.0 Å². The summed E-state index contributed by atoms with van der Waals surface area (Å²) >= 11 is 6.49. The molecule has 0 saturated heterocycles. The molecule has 0 saturated carbocycles. The number of rotatable bonds is 5. The molecule has 0 bridgehead atoms. The Labute approximate surface area is 193 Å². The van der Waals surface area contributed by atoms with Crippen LogP contribution < -0.4 is 16.4 Å². The van der Waals surface area contributed by atoms with Crippen LogP contribution in [0, 0.1) is 5.82 Å². The maximum atomic E-state index is 13.8. The highest BCUT2D eigenvalue weighted by molar-refractivity contribution is 6.38. The number of hydrogen-bond acceptors (Lipinski definition) is 5. The molecule has 0 aliphatic heterocycles. The minimum Gasteiger partial charge on any atom is -0.383 e. The Morgan fingerprint density at radius 1 is 1.03 bits per heavy atom. The Morgan fingerprint density at radius 3 is 2.45 bits per heavy atom. The van der Waals surface area contributed by atoms with Crippen LogP contribution in [0.2, 0.25) is 5.02 Å². The maximum absolute atomic E-state index is 13.8. The van der Waals surface area contributed by atoms with Gasteiger partial charge in [-0.1, -0.05) is 29.8 Å². The van der Waals surface area contributed by atoms with Crippen LogP contribution in [0.5, 0.6) is 0 Å². The highest BCUT2D eigenvalue weighted by atomic mass is 35.5. The smallest absolute Gasteiger partial charge is 0.323 e. The van der Waals surface area contributed by atoms with Crippen LogP contribution in [0.25, 0.3) is 11.0 Å². The van der Waals surface area contributed by atoms with Gasteiger partial charge in [0, 0.05) is 17.8 Å². The molecule has 8 nitrogen and oxygen atoms in total. The zero-order valence-electron chi connectivity index (χ0n) is 17.8. The van der Waals surface area contributed by atoms with E-state index in [9.17, 15) is 14.0 Å². The Morgan fingerprint density at radius 2 is 1.73 bits per heavy atom. The largest absolute Gasteiger partial charge is 0.383 e. The lowest BCUT2D eigenvalue weighted by atomic mass is 10.0. The zero-order chi connectivity index (χ0) is 23.7. The number of amides is 2. The van der Waals surface area contributed by atoms with E-state index in [2.05, 4.69) is 20.6 Å². The fraction of sp³-hybridized carbons (Fsp3) is 0.130. The monoisotopic (exact) mass is 466 g/mol. The van der Waals surface area contributed by atoms with E-state index in [1.807, 2.05) is 18.4 Å². The molecule has 2 heterocycles. The van der Waals surface area contributed by atoms with E-state index in [1.165, 1.54) is 30.6 Å². The first-order valence-corrected chi connectivity index (χ1v) is 10.4. The van der Waals surface area contributed by atoms with Crippen molar-refractivity contribution in [2.24, 2.45) is 0 Å². The minimum absolute atomic E-state index is 0.00956. The van der Waals surface area contributed by atoms with Gasteiger partial charge in [0.2, 0.25) is 0 Å². The second-order valence-electron chi connectivity index (χ2n) is 7.56.